The molecule has 0 aliphatic carbocycles. The first kappa shape index (κ1) is 53.2. The molecule has 0 aromatic carbocycles. The summed E-state index contributed by atoms with van der Waals surface area (Å²) in [6.07, 6.45) is 1.94. The predicted molar refractivity (Wildman–Crippen MR) is 148 cm³/mol. The normalized spacial score (nSPS) is 11.8. The molecule has 4 nitrogen and oxygen atoms in total. The van der Waals surface area contributed by atoms with Gasteiger partial charge in [-0.25, -0.2) is 0 Å². The zero-order chi connectivity index (χ0) is 20.9. The second-order valence-corrected chi connectivity index (χ2v) is 7.66. The largest absolute Gasteiger partial charge is 0.358 e. The van der Waals surface area contributed by atoms with Crippen LogP contribution in [-0.2, 0) is 33.3 Å². The molecule has 0 atom stereocenters. The molecule has 0 saturated carbocycles. The van der Waals surface area contributed by atoms with Gasteiger partial charge < -0.3 is 29.7 Å². The van der Waals surface area contributed by atoms with Gasteiger partial charge in [-0.05, 0) is 82.1 Å². The first-order valence-electron chi connectivity index (χ1n) is 10.2. The summed E-state index contributed by atoms with van der Waals surface area (Å²) in [5.41, 5.74) is 4.46. The average molecular weight is 542 g/mol. The van der Waals surface area contributed by atoms with Crippen molar-refractivity contribution in [3.8, 4) is 0 Å². The number of hydrogen-bond acceptors (Lipinski definition) is 4. The number of hydrogen-bond donors (Lipinski definition) is 0. The van der Waals surface area contributed by atoms with Crippen LogP contribution in [-0.4, -0.2) is 47.0 Å². The summed E-state index contributed by atoms with van der Waals surface area (Å²) in [5.74, 6) is 0. The first-order valence-corrected chi connectivity index (χ1v) is 10.2. The Labute approximate surface area is 225 Å². The van der Waals surface area contributed by atoms with Gasteiger partial charge in [-0.15, -0.1) is 0 Å². The summed E-state index contributed by atoms with van der Waals surface area (Å²) in [6, 6.07) is 1.47. The molecule has 0 unspecified atom stereocenters. The third-order valence-electron chi connectivity index (χ3n) is 3.24. The molecule has 6 heteroatoms. The zero-order valence-electron chi connectivity index (χ0n) is 24.2. The fourth-order valence-electron chi connectivity index (χ4n) is 2.43. The third kappa shape index (κ3) is 31.9. The van der Waals surface area contributed by atoms with E-state index in [0.717, 1.165) is 35.7 Å². The van der Waals surface area contributed by atoms with Crippen molar-refractivity contribution in [3.05, 3.63) is 29.7 Å². The van der Waals surface area contributed by atoms with E-state index in [1.807, 2.05) is 13.8 Å². The SMILES string of the molecule is CCC(=NC(C)C)C(C)=NC(C)C.CCC(=NC(C)C)C(C)=NC(C)C.[CH3-].[CH3-].[CH3-].[CH3-].[Co].[Ni]. The van der Waals surface area contributed by atoms with Crippen molar-refractivity contribution in [1.29, 1.82) is 0 Å². The van der Waals surface area contributed by atoms with Crippen LogP contribution in [0.15, 0.2) is 20.0 Å². The van der Waals surface area contributed by atoms with Crippen molar-refractivity contribution in [1.82, 2.24) is 0 Å². The number of rotatable bonds is 8. The van der Waals surface area contributed by atoms with Crippen LogP contribution < -0.4 is 0 Å². The van der Waals surface area contributed by atoms with E-state index in [-0.39, 0.29) is 63.0 Å². The van der Waals surface area contributed by atoms with E-state index >= 15 is 0 Å². The van der Waals surface area contributed by atoms with Gasteiger partial charge in [0.25, 0.3) is 0 Å². The van der Waals surface area contributed by atoms with Crippen LogP contribution >= 0.6 is 0 Å². The van der Waals surface area contributed by atoms with Crippen LogP contribution in [0, 0.1) is 29.7 Å². The summed E-state index contributed by atoms with van der Waals surface area (Å²) >= 11 is 0. The molecular formula is C26H56CoN4Ni-4. The van der Waals surface area contributed by atoms with Crippen LogP contribution in [0.5, 0.6) is 0 Å². The van der Waals surface area contributed by atoms with E-state index < -0.39 is 0 Å². The quantitative estimate of drug-likeness (QED) is 0.169. The second-order valence-electron chi connectivity index (χ2n) is 7.66. The molecule has 0 heterocycles. The first-order chi connectivity index (χ1) is 11.9. The van der Waals surface area contributed by atoms with Gasteiger partial charge in [0.2, 0.25) is 0 Å². The molecule has 0 rings (SSSR count). The van der Waals surface area contributed by atoms with E-state index in [0.29, 0.717) is 24.2 Å². The van der Waals surface area contributed by atoms with Crippen LogP contribution in [0.2, 0.25) is 0 Å². The van der Waals surface area contributed by atoms with Crippen molar-refractivity contribution in [2.45, 2.75) is 120 Å². The Hall–Kier alpha value is -0.320. The minimum Gasteiger partial charge on any atom is -0.358 e. The van der Waals surface area contributed by atoms with Gasteiger partial charge in [-0.2, -0.15) is 0 Å². The molecule has 203 valence electrons. The van der Waals surface area contributed by atoms with Crippen LogP contribution in [0.1, 0.15) is 95.9 Å². The van der Waals surface area contributed by atoms with Gasteiger partial charge in [0.15, 0.2) is 0 Å². The monoisotopic (exact) mass is 541 g/mol. The maximum absolute atomic E-state index is 4.53. The molecule has 1 radical (unpaired) electrons. The molecule has 0 saturated heterocycles. The molecule has 0 aliphatic heterocycles. The summed E-state index contributed by atoms with van der Waals surface area (Å²) in [6.45, 7) is 25.1. The van der Waals surface area contributed by atoms with Gasteiger partial charge in [-0.1, -0.05) is 13.8 Å². The van der Waals surface area contributed by atoms with Crippen LogP contribution in [0.3, 0.4) is 0 Å². The molecule has 32 heavy (non-hydrogen) atoms. The standard InChI is InChI=1S/2C11H22N2.4CH3.Co.Ni/c2*1-7-11(13-9(4)5)10(6)12-8(2)3;;;;;;/h2*8-9H,7H2,1-6H3;4*1H3;;/q;;4*-1;;. The Morgan fingerprint density at radius 3 is 0.812 bits per heavy atom. The Morgan fingerprint density at radius 1 is 0.500 bits per heavy atom. The fourth-order valence-corrected chi connectivity index (χ4v) is 2.43. The summed E-state index contributed by atoms with van der Waals surface area (Å²) < 4.78 is 0. The Morgan fingerprint density at radius 2 is 0.688 bits per heavy atom. The van der Waals surface area contributed by atoms with Crippen molar-refractivity contribution in [3.63, 3.8) is 0 Å². The minimum atomic E-state index is 0. The second kappa shape index (κ2) is 30.7. The zero-order valence-corrected chi connectivity index (χ0v) is 26.2. The fraction of sp³-hybridized carbons (Fsp3) is 0.692. The van der Waals surface area contributed by atoms with Gasteiger partial charge in [-0.3, -0.25) is 20.0 Å². The maximum Gasteiger partial charge on any atom is 0.0556 e. The molecule has 0 fully saturated rings. The Bertz CT molecular complexity index is 460. The topological polar surface area (TPSA) is 49.4 Å². The molecule has 0 aromatic heterocycles. The van der Waals surface area contributed by atoms with Crippen molar-refractivity contribution >= 4 is 22.8 Å². The van der Waals surface area contributed by atoms with Gasteiger partial charge >= 0.3 is 0 Å². The smallest absolute Gasteiger partial charge is 0.0556 e. The van der Waals surface area contributed by atoms with Crippen molar-refractivity contribution in [2.75, 3.05) is 0 Å². The van der Waals surface area contributed by atoms with Crippen LogP contribution in [0.4, 0.5) is 0 Å². The summed E-state index contributed by atoms with van der Waals surface area (Å²) in [7, 11) is 0. The molecule has 0 aliphatic rings. The van der Waals surface area contributed by atoms with E-state index in [4.69, 9.17) is 0 Å². The molecule has 0 amide bonds. The van der Waals surface area contributed by atoms with Gasteiger partial charge in [0, 0.05) is 57.4 Å². The minimum absolute atomic E-state index is 0. The van der Waals surface area contributed by atoms with Crippen LogP contribution in [0.25, 0.3) is 0 Å². The van der Waals surface area contributed by atoms with Crippen molar-refractivity contribution < 1.29 is 33.3 Å². The molecule has 0 N–H and O–H groups in total. The van der Waals surface area contributed by atoms with Gasteiger partial charge in [0.1, 0.15) is 0 Å². The maximum atomic E-state index is 4.53. The molecular weight excluding hydrogens is 486 g/mol. The molecule has 0 bridgehead atoms. The average Bonchev–Trinajstić information content (AvgIpc) is 2.48. The van der Waals surface area contributed by atoms with E-state index in [2.05, 4.69) is 89.2 Å². The predicted octanol–water partition coefficient (Wildman–Crippen LogP) is 8.03. The Balaban J connectivity index is -0.0000000505. The van der Waals surface area contributed by atoms with E-state index in [1.165, 1.54) is 0 Å². The van der Waals surface area contributed by atoms with Crippen molar-refractivity contribution in [2.24, 2.45) is 20.0 Å². The third-order valence-corrected chi connectivity index (χ3v) is 3.24. The van der Waals surface area contributed by atoms with E-state index in [9.17, 15) is 0 Å². The summed E-state index contributed by atoms with van der Waals surface area (Å²) in [5, 5.41) is 0. The Kier molecular flexibility index (Phi) is 51.0. The molecule has 0 spiro atoms. The molecule has 0 aromatic rings. The van der Waals surface area contributed by atoms with E-state index in [1.54, 1.807) is 0 Å². The van der Waals surface area contributed by atoms with Gasteiger partial charge in [0.05, 0.1) is 22.8 Å². The number of nitrogens with zero attached hydrogens (tertiary/aromatic N) is 4. The number of aliphatic imine (C=N–C) groups is 4. The summed E-state index contributed by atoms with van der Waals surface area (Å²) in [4.78, 5) is 18.0.